The molecule has 0 aromatic carbocycles. The Balaban J connectivity index is 2.77. The first-order valence-corrected chi connectivity index (χ1v) is 5.54. The molecule has 1 unspecified atom stereocenters. The molecule has 0 spiro atoms. The summed E-state index contributed by atoms with van der Waals surface area (Å²) in [4.78, 5) is 12.1. The van der Waals surface area contributed by atoms with Crippen LogP contribution in [-0.2, 0) is 0 Å². The first-order valence-electron chi connectivity index (χ1n) is 3.95. The summed E-state index contributed by atoms with van der Waals surface area (Å²) < 4.78 is 1.06. The van der Waals surface area contributed by atoms with Gasteiger partial charge in [0.05, 0.1) is 0 Å². The van der Waals surface area contributed by atoms with E-state index in [1.165, 1.54) is 0 Å². The van der Waals surface area contributed by atoms with Crippen LogP contribution in [-0.4, -0.2) is 21.0 Å². The minimum absolute atomic E-state index is 0.362. The fourth-order valence-corrected chi connectivity index (χ4v) is 1.62. The van der Waals surface area contributed by atoms with E-state index in [-0.39, 0.29) is 0 Å². The predicted octanol–water partition coefficient (Wildman–Crippen LogP) is 2.61. The number of hydrogen-bond acceptors (Lipinski definition) is 4. The van der Waals surface area contributed by atoms with Gasteiger partial charge in [0.1, 0.15) is 0 Å². The topological polar surface area (TPSA) is 50.7 Å². The van der Waals surface area contributed by atoms with Crippen LogP contribution in [0.1, 0.15) is 20.3 Å². The normalized spacial score (nSPS) is 12.6. The van der Waals surface area contributed by atoms with Crippen molar-refractivity contribution in [1.29, 1.82) is 0 Å². The van der Waals surface area contributed by atoms with Crippen molar-refractivity contribution < 1.29 is 0 Å². The largest absolute Gasteiger partial charge is 0.352 e. The van der Waals surface area contributed by atoms with Gasteiger partial charge >= 0.3 is 0 Å². The van der Waals surface area contributed by atoms with Crippen molar-refractivity contribution in [3.05, 3.63) is 9.47 Å². The van der Waals surface area contributed by atoms with E-state index < -0.39 is 0 Å². The molecule has 1 heterocycles. The van der Waals surface area contributed by atoms with Gasteiger partial charge in [-0.1, -0.05) is 6.92 Å². The van der Waals surface area contributed by atoms with Gasteiger partial charge < -0.3 is 5.32 Å². The first kappa shape index (κ1) is 10.8. The van der Waals surface area contributed by atoms with Crippen LogP contribution in [0.3, 0.4) is 0 Å². The SMILES string of the molecule is CCC(C)Nc1nc(Br)nc(Br)n1. The van der Waals surface area contributed by atoms with Gasteiger partial charge in [-0.25, -0.2) is 0 Å². The van der Waals surface area contributed by atoms with E-state index in [1.54, 1.807) is 0 Å². The van der Waals surface area contributed by atoms with Gasteiger partial charge in [0.2, 0.25) is 15.4 Å². The highest BCUT2D eigenvalue weighted by molar-refractivity contribution is 9.11. The van der Waals surface area contributed by atoms with Crippen LogP contribution in [0.4, 0.5) is 5.95 Å². The van der Waals surface area contributed by atoms with E-state index in [0.717, 1.165) is 6.42 Å². The molecule has 1 aromatic rings. The molecule has 0 saturated heterocycles. The lowest BCUT2D eigenvalue weighted by Gasteiger charge is -2.10. The second-order valence-electron chi connectivity index (χ2n) is 2.65. The molecular weight excluding hydrogens is 300 g/mol. The fourth-order valence-electron chi connectivity index (χ4n) is 0.713. The number of nitrogens with one attached hydrogen (secondary N) is 1. The molecule has 4 nitrogen and oxygen atoms in total. The number of rotatable bonds is 3. The average molecular weight is 310 g/mol. The Kier molecular flexibility index (Phi) is 4.05. The van der Waals surface area contributed by atoms with E-state index in [2.05, 4.69) is 66.0 Å². The summed E-state index contributed by atoms with van der Waals surface area (Å²) in [7, 11) is 0. The van der Waals surface area contributed by atoms with Crippen molar-refractivity contribution in [2.24, 2.45) is 0 Å². The molecule has 13 heavy (non-hydrogen) atoms. The second kappa shape index (κ2) is 4.85. The van der Waals surface area contributed by atoms with Gasteiger partial charge in [-0.3, -0.25) is 0 Å². The Bertz CT molecular complexity index is 272. The van der Waals surface area contributed by atoms with Gasteiger partial charge in [0.25, 0.3) is 0 Å². The predicted molar refractivity (Wildman–Crippen MR) is 58.6 cm³/mol. The van der Waals surface area contributed by atoms with E-state index in [0.29, 0.717) is 21.5 Å². The van der Waals surface area contributed by atoms with Crippen LogP contribution >= 0.6 is 31.9 Å². The summed E-state index contributed by atoms with van der Waals surface area (Å²) in [5, 5.41) is 3.15. The molecule has 72 valence electrons. The highest BCUT2D eigenvalue weighted by Crippen LogP contribution is 2.11. The fraction of sp³-hybridized carbons (Fsp3) is 0.571. The molecule has 0 radical (unpaired) electrons. The number of anilines is 1. The van der Waals surface area contributed by atoms with Crippen LogP contribution in [0.15, 0.2) is 9.47 Å². The quantitative estimate of drug-likeness (QED) is 0.932. The maximum Gasteiger partial charge on any atom is 0.227 e. The lowest BCUT2D eigenvalue weighted by Crippen LogP contribution is -2.16. The summed E-state index contributed by atoms with van der Waals surface area (Å²) in [5.74, 6) is 0.586. The summed E-state index contributed by atoms with van der Waals surface area (Å²) >= 11 is 6.39. The molecule has 0 aliphatic rings. The number of halogens is 2. The van der Waals surface area contributed by atoms with Gasteiger partial charge in [-0.2, -0.15) is 15.0 Å². The molecule has 0 aliphatic heterocycles. The monoisotopic (exact) mass is 308 g/mol. The Hall–Kier alpha value is -0.230. The van der Waals surface area contributed by atoms with E-state index in [1.807, 2.05) is 0 Å². The van der Waals surface area contributed by atoms with Crippen molar-refractivity contribution in [3.63, 3.8) is 0 Å². The molecule has 6 heteroatoms. The molecule has 1 aromatic heterocycles. The maximum atomic E-state index is 4.08. The Labute approximate surface area is 93.8 Å². The summed E-state index contributed by atoms with van der Waals surface area (Å²) in [6.07, 6.45) is 1.03. The third-order valence-electron chi connectivity index (χ3n) is 1.57. The van der Waals surface area contributed by atoms with Gasteiger partial charge in [0.15, 0.2) is 0 Å². The smallest absolute Gasteiger partial charge is 0.227 e. The van der Waals surface area contributed by atoms with Crippen LogP contribution in [0, 0.1) is 0 Å². The molecule has 1 N–H and O–H groups in total. The summed E-state index contributed by atoms with van der Waals surface area (Å²) in [6.45, 7) is 4.18. The van der Waals surface area contributed by atoms with Crippen molar-refractivity contribution in [2.75, 3.05) is 5.32 Å². The van der Waals surface area contributed by atoms with E-state index >= 15 is 0 Å². The maximum absolute atomic E-state index is 4.08. The Morgan fingerprint density at radius 2 is 1.77 bits per heavy atom. The lowest BCUT2D eigenvalue weighted by atomic mass is 10.3. The first-order chi connectivity index (χ1) is 6.11. The third-order valence-corrected chi connectivity index (χ3v) is 2.28. The third kappa shape index (κ3) is 3.56. The van der Waals surface area contributed by atoms with Crippen LogP contribution < -0.4 is 5.32 Å². The average Bonchev–Trinajstić information content (AvgIpc) is 2.02. The van der Waals surface area contributed by atoms with Crippen LogP contribution in [0.2, 0.25) is 0 Å². The molecule has 1 atom stereocenters. The zero-order chi connectivity index (χ0) is 9.84. The minimum atomic E-state index is 0.362. The van der Waals surface area contributed by atoms with Crippen molar-refractivity contribution in [1.82, 2.24) is 15.0 Å². The van der Waals surface area contributed by atoms with Gasteiger partial charge in [-0.15, -0.1) is 0 Å². The number of hydrogen-bond donors (Lipinski definition) is 1. The second-order valence-corrected chi connectivity index (χ2v) is 4.07. The minimum Gasteiger partial charge on any atom is -0.352 e. The standard InChI is InChI=1S/C7H10Br2N4/c1-3-4(2)10-7-12-5(8)11-6(9)13-7/h4H,3H2,1-2H3,(H,10,11,12,13). The Morgan fingerprint density at radius 1 is 1.23 bits per heavy atom. The van der Waals surface area contributed by atoms with Crippen LogP contribution in [0.5, 0.6) is 0 Å². The van der Waals surface area contributed by atoms with Crippen molar-refractivity contribution in [2.45, 2.75) is 26.3 Å². The van der Waals surface area contributed by atoms with Gasteiger partial charge in [-0.05, 0) is 45.2 Å². The molecule has 0 amide bonds. The van der Waals surface area contributed by atoms with Crippen LogP contribution in [0.25, 0.3) is 0 Å². The summed E-state index contributed by atoms with van der Waals surface area (Å²) in [6, 6.07) is 0.362. The lowest BCUT2D eigenvalue weighted by molar-refractivity contribution is 0.747. The molecular formula is C7H10Br2N4. The molecule has 1 rings (SSSR count). The molecule has 0 fully saturated rings. The highest BCUT2D eigenvalue weighted by Gasteiger charge is 2.04. The zero-order valence-corrected chi connectivity index (χ0v) is 10.6. The zero-order valence-electron chi connectivity index (χ0n) is 7.38. The van der Waals surface area contributed by atoms with Crippen molar-refractivity contribution in [3.8, 4) is 0 Å². The number of aromatic nitrogens is 3. The van der Waals surface area contributed by atoms with Gasteiger partial charge in [0, 0.05) is 6.04 Å². The summed E-state index contributed by atoms with van der Waals surface area (Å²) in [5.41, 5.74) is 0. The molecule has 0 bridgehead atoms. The van der Waals surface area contributed by atoms with E-state index in [4.69, 9.17) is 0 Å². The molecule has 0 saturated carbocycles. The Morgan fingerprint density at radius 3 is 2.23 bits per heavy atom. The molecule has 0 aliphatic carbocycles. The highest BCUT2D eigenvalue weighted by atomic mass is 79.9. The number of nitrogens with zero attached hydrogens (tertiary/aromatic N) is 3. The van der Waals surface area contributed by atoms with E-state index in [9.17, 15) is 0 Å². The van der Waals surface area contributed by atoms with Crippen molar-refractivity contribution >= 4 is 37.8 Å².